The molecule has 3 N–H and O–H groups in total. The van der Waals surface area contributed by atoms with Gasteiger partial charge in [0, 0.05) is 27.3 Å². The van der Waals surface area contributed by atoms with Crippen LogP contribution in [0.15, 0.2) is 0 Å². The smallest absolute Gasteiger partial charge is 0.156 e. The molecule has 1 saturated carbocycles. The molecule has 1 aliphatic rings. The van der Waals surface area contributed by atoms with E-state index in [1.807, 2.05) is 0 Å². The molecule has 0 amide bonds. The number of hydrogen-bond donors (Lipinski definition) is 1. The highest BCUT2D eigenvalue weighted by Crippen LogP contribution is 2.29. The van der Waals surface area contributed by atoms with Gasteiger partial charge in [-0.15, -0.1) is 0 Å². The molecule has 1 atom stereocenters. The minimum absolute atomic E-state index is 0.0275. The van der Waals surface area contributed by atoms with E-state index in [9.17, 15) is 0 Å². The molecule has 2 heteroatoms. The molecule has 1 rings (SSSR count). The lowest BCUT2D eigenvalue weighted by Gasteiger charge is -2.23. The predicted octanol–water partition coefficient (Wildman–Crippen LogP) is 6.81. The normalized spacial score (nSPS) is 18.2. The minimum atomic E-state index is -0.897. The predicted molar refractivity (Wildman–Crippen MR) is 120 cm³/mol. The van der Waals surface area contributed by atoms with Gasteiger partial charge in [0.05, 0.1) is 0 Å². The molecule has 0 aliphatic heterocycles. The third-order valence-electron chi connectivity index (χ3n) is 6.08. The van der Waals surface area contributed by atoms with E-state index in [4.69, 9.17) is 0 Å². The lowest BCUT2D eigenvalue weighted by molar-refractivity contribution is -0.458. The van der Waals surface area contributed by atoms with E-state index in [2.05, 4.69) is 44.1 Å². The van der Waals surface area contributed by atoms with Gasteiger partial charge in [0.1, 0.15) is 0 Å². The number of quaternary nitrogens is 1. The first-order valence-electron chi connectivity index (χ1n) is 11.7. The van der Waals surface area contributed by atoms with Crippen LogP contribution in [0, 0.1) is 17.8 Å². The Balaban J connectivity index is 2.38. The van der Waals surface area contributed by atoms with E-state index >= 15 is 0 Å². The van der Waals surface area contributed by atoms with Crippen molar-refractivity contribution < 1.29 is 5.73 Å². The van der Waals surface area contributed by atoms with Crippen molar-refractivity contribution in [2.24, 2.45) is 5.92 Å². The Kier molecular flexibility index (Phi) is 11.9. The number of hydrogen-bond acceptors (Lipinski definition) is 0. The van der Waals surface area contributed by atoms with Crippen molar-refractivity contribution in [1.82, 2.24) is 0 Å². The van der Waals surface area contributed by atoms with Gasteiger partial charge in [-0.3, -0.25) is 0 Å². The lowest BCUT2D eigenvalue weighted by atomic mass is 9.84. The first-order valence-corrected chi connectivity index (χ1v) is 15.4. The van der Waals surface area contributed by atoms with Gasteiger partial charge in [-0.05, 0) is 31.1 Å². The zero-order valence-electron chi connectivity index (χ0n) is 18.6. The van der Waals surface area contributed by atoms with Gasteiger partial charge in [0.15, 0.2) is 5.54 Å². The van der Waals surface area contributed by atoms with Gasteiger partial charge in [-0.1, -0.05) is 96.3 Å². The van der Waals surface area contributed by atoms with Gasteiger partial charge >= 0.3 is 0 Å². The summed E-state index contributed by atoms with van der Waals surface area (Å²) in [5, 5.41) is 0. The molecule has 0 radical (unpaired) electrons. The second-order valence-electron chi connectivity index (χ2n) is 10.2. The highest BCUT2D eigenvalue weighted by Gasteiger charge is 2.26. The van der Waals surface area contributed by atoms with Crippen molar-refractivity contribution >= 4 is 8.07 Å². The van der Waals surface area contributed by atoms with E-state index in [0.29, 0.717) is 0 Å². The summed E-state index contributed by atoms with van der Waals surface area (Å²) >= 11 is 0. The van der Waals surface area contributed by atoms with Crippen LogP contribution in [0.4, 0.5) is 0 Å². The second-order valence-corrected chi connectivity index (χ2v) is 15.8. The average molecular weight is 379 g/mol. The summed E-state index contributed by atoms with van der Waals surface area (Å²) in [6.07, 6.45) is 20.3. The fourth-order valence-corrected chi connectivity index (χ4v) is 5.57. The molecular weight excluding hydrogens is 330 g/mol. The Morgan fingerprint density at radius 1 is 0.923 bits per heavy atom. The Labute approximate surface area is 166 Å². The summed E-state index contributed by atoms with van der Waals surface area (Å²) in [5.74, 6) is 8.11. The molecule has 26 heavy (non-hydrogen) atoms. The van der Waals surface area contributed by atoms with Crippen molar-refractivity contribution in [2.45, 2.75) is 134 Å². The first kappa shape index (κ1) is 23.8. The summed E-state index contributed by atoms with van der Waals surface area (Å²) in [6.45, 7) is 9.71. The van der Waals surface area contributed by atoms with Crippen LogP contribution in [-0.4, -0.2) is 13.6 Å². The van der Waals surface area contributed by atoms with Crippen LogP contribution in [0.25, 0.3) is 0 Å². The third-order valence-corrected chi connectivity index (χ3v) is 7.94. The summed E-state index contributed by atoms with van der Waals surface area (Å²) < 4.78 is 0. The molecule has 0 spiro atoms. The molecule has 0 aromatic heterocycles. The Hall–Kier alpha value is -0.263. The van der Waals surface area contributed by atoms with Crippen LogP contribution >= 0.6 is 0 Å². The highest BCUT2D eigenvalue weighted by molar-refractivity contribution is 6.76. The molecule has 1 unspecified atom stereocenters. The molecule has 0 bridgehead atoms. The quantitative estimate of drug-likeness (QED) is 0.219. The number of unbranched alkanes of at least 4 members (excludes halogenated alkanes) is 4. The molecule has 0 aromatic carbocycles. The van der Waals surface area contributed by atoms with Crippen LogP contribution in [0.1, 0.15) is 103 Å². The highest BCUT2D eigenvalue weighted by atomic mass is 28.3. The SMILES string of the molecule is CCCCC#CC([NH3+])(CCCCC1CCCCC1)CCCC[Si](C)(C)C. The zero-order valence-corrected chi connectivity index (χ0v) is 19.6. The summed E-state index contributed by atoms with van der Waals surface area (Å²) in [4.78, 5) is 0. The van der Waals surface area contributed by atoms with Crippen molar-refractivity contribution in [3.8, 4) is 11.8 Å². The fourth-order valence-electron chi connectivity index (χ4n) is 4.26. The first-order chi connectivity index (χ1) is 12.3. The van der Waals surface area contributed by atoms with Gasteiger partial charge < -0.3 is 5.73 Å². The fraction of sp³-hybridized carbons (Fsp3) is 0.917. The van der Waals surface area contributed by atoms with Gasteiger partial charge in [-0.2, -0.15) is 0 Å². The number of rotatable bonds is 12. The van der Waals surface area contributed by atoms with Gasteiger partial charge in [0.25, 0.3) is 0 Å². The Morgan fingerprint density at radius 2 is 1.58 bits per heavy atom. The summed E-state index contributed by atoms with van der Waals surface area (Å²) in [5.41, 5.74) is 4.65. The van der Waals surface area contributed by atoms with Crippen LogP contribution in [0.3, 0.4) is 0 Å². The van der Waals surface area contributed by atoms with E-state index in [0.717, 1.165) is 12.3 Å². The molecular formula is C24H48NSi+. The van der Waals surface area contributed by atoms with Crippen LogP contribution in [-0.2, 0) is 0 Å². The minimum Gasteiger partial charge on any atom is -0.343 e. The largest absolute Gasteiger partial charge is 0.343 e. The molecule has 1 fully saturated rings. The molecule has 0 heterocycles. The lowest BCUT2D eigenvalue weighted by Crippen LogP contribution is -2.71. The summed E-state index contributed by atoms with van der Waals surface area (Å²) in [7, 11) is -0.897. The monoisotopic (exact) mass is 378 g/mol. The van der Waals surface area contributed by atoms with E-state index in [1.54, 1.807) is 0 Å². The Morgan fingerprint density at radius 3 is 2.19 bits per heavy atom. The van der Waals surface area contributed by atoms with Gasteiger partial charge in [-0.25, -0.2) is 0 Å². The zero-order chi connectivity index (χ0) is 19.3. The maximum atomic E-state index is 4.62. The molecule has 152 valence electrons. The second kappa shape index (κ2) is 13.0. The van der Waals surface area contributed by atoms with Crippen molar-refractivity contribution in [3.63, 3.8) is 0 Å². The van der Waals surface area contributed by atoms with E-state index in [1.165, 1.54) is 95.9 Å². The van der Waals surface area contributed by atoms with Crippen molar-refractivity contribution in [2.75, 3.05) is 0 Å². The average Bonchev–Trinajstić information content (AvgIpc) is 2.60. The van der Waals surface area contributed by atoms with E-state index < -0.39 is 8.07 Å². The van der Waals surface area contributed by atoms with Gasteiger partial charge in [0.2, 0.25) is 0 Å². The summed E-state index contributed by atoms with van der Waals surface area (Å²) in [6, 6.07) is 1.45. The molecule has 1 aliphatic carbocycles. The standard InChI is InChI=1S/C24H47NSi/c1-5-6-7-12-19-24(25,21-14-15-22-26(2,3)4)20-13-11-18-23-16-9-8-10-17-23/h23H,5-11,13-18,20-22,25H2,1-4H3/p+1. The van der Waals surface area contributed by atoms with Crippen LogP contribution < -0.4 is 5.73 Å². The third kappa shape index (κ3) is 12.2. The topological polar surface area (TPSA) is 27.6 Å². The van der Waals surface area contributed by atoms with Crippen molar-refractivity contribution in [1.29, 1.82) is 0 Å². The van der Waals surface area contributed by atoms with Crippen LogP contribution in [0.2, 0.25) is 25.7 Å². The van der Waals surface area contributed by atoms with Crippen molar-refractivity contribution in [3.05, 3.63) is 0 Å². The maximum Gasteiger partial charge on any atom is 0.156 e. The molecule has 1 nitrogen and oxygen atoms in total. The molecule has 0 saturated heterocycles. The Bertz CT molecular complexity index is 408. The van der Waals surface area contributed by atoms with Crippen LogP contribution in [0.5, 0.6) is 0 Å². The maximum absolute atomic E-state index is 4.62. The molecule has 0 aromatic rings. The van der Waals surface area contributed by atoms with E-state index in [-0.39, 0.29) is 5.54 Å².